The highest BCUT2D eigenvalue weighted by Gasteiger charge is 2.22. The number of terminal acetylenes is 1. The predicted molar refractivity (Wildman–Crippen MR) is 463 cm³/mol. The van der Waals surface area contributed by atoms with Gasteiger partial charge in [0.25, 0.3) is 0 Å². The Morgan fingerprint density at radius 3 is 1.10 bits per heavy atom. The first-order chi connectivity index (χ1) is 54.9. The summed E-state index contributed by atoms with van der Waals surface area (Å²) in [5.41, 5.74) is 10.7. The van der Waals surface area contributed by atoms with Crippen molar-refractivity contribution in [3.8, 4) is 12.3 Å². The van der Waals surface area contributed by atoms with Crippen molar-refractivity contribution in [3.63, 3.8) is 0 Å². The van der Waals surface area contributed by atoms with E-state index in [0.717, 1.165) is 120 Å². The first-order valence-electron chi connectivity index (χ1n) is 39.2. The maximum Gasteiger partial charge on any atom is 0.327 e. The third-order valence-electron chi connectivity index (χ3n) is 19.9. The molecule has 0 aliphatic heterocycles. The molecule has 0 aromatic carbocycles. The standard InChI is InChI=1S/C13H19N3O.C13H15N3O.C12H16ClN3O.C12H17N3OS.C11H14ClN3O.C11H14FN3O.C10H12ClN3O/c2*1-4-9-7-11-12(14-8-9)15-13(17)16(11)10(5-2)6-3;1-3-8(4-2)7-16-10-5-9(13)6-14-11(10)15-12(16)17;1-4-8(5-2)15-10-6-9(17-3)7-13-11(10)14-12(15)16;1-11(2,3)6-15-8-4-7(12)5-13-9(8)14-10(15)16;1-3-8(4-2)15-9-5-7(12)6-13-10(9)14-11(15)16;1-6(2)5-14-8-3-7(11)4-12-9(8)13-10(14)15/h7-8,10H,4-6H2,1-3H3,(H,14,15,17);1,7-8,10H,5-6H2,2-3H3,(H,14,15,17);5-6,8H,3-4,7H2,1-2H3,(H,14,15,17);6-8H,4-5H2,1-3H3,(H,13,14,16);4-5H,6H2,1-3H3,(H,13,14,16);5-6,8H,3-4H2,1-2H3,(H,13,14,16);3-4,6H,5H2,1-2H3,(H,12,13,15). The van der Waals surface area contributed by atoms with Gasteiger partial charge in [-0.05, 0) is 123 Å². The van der Waals surface area contributed by atoms with Crippen LogP contribution in [0.1, 0.15) is 210 Å². The molecule has 0 unspecified atom stereocenters. The lowest BCUT2D eigenvalue weighted by Crippen LogP contribution is -2.24. The minimum absolute atomic E-state index is 0.0290. The van der Waals surface area contributed by atoms with Gasteiger partial charge < -0.3 is 0 Å². The van der Waals surface area contributed by atoms with Crippen LogP contribution < -0.4 is 39.8 Å². The third-order valence-corrected chi connectivity index (χ3v) is 21.2. The van der Waals surface area contributed by atoms with Gasteiger partial charge in [0.1, 0.15) is 5.82 Å². The van der Waals surface area contributed by atoms with E-state index in [1.54, 1.807) is 71.4 Å². The van der Waals surface area contributed by atoms with E-state index in [1.807, 2.05) is 47.6 Å². The van der Waals surface area contributed by atoms with Gasteiger partial charge in [-0.2, -0.15) is 0 Å². The third kappa shape index (κ3) is 22.2. The Balaban J connectivity index is 0.000000168. The van der Waals surface area contributed by atoms with Gasteiger partial charge in [0.2, 0.25) is 0 Å². The van der Waals surface area contributed by atoms with Crippen molar-refractivity contribution in [2.24, 2.45) is 17.3 Å². The lowest BCUT2D eigenvalue weighted by molar-refractivity contribution is 0.344. The molecule has 7 N–H and O–H groups in total. The molecule has 14 rings (SSSR count). The first kappa shape index (κ1) is 90.2. The van der Waals surface area contributed by atoms with Gasteiger partial charge in [-0.25, -0.2) is 72.8 Å². The molecule has 0 saturated heterocycles. The number of nitrogens with one attached hydrogen (secondary N) is 7. The molecule has 616 valence electrons. The van der Waals surface area contributed by atoms with Crippen molar-refractivity contribution in [2.45, 2.75) is 230 Å². The minimum atomic E-state index is -0.425. The van der Waals surface area contributed by atoms with E-state index in [-0.39, 0.29) is 69.4 Å². The molecule has 0 bridgehead atoms. The van der Waals surface area contributed by atoms with E-state index in [4.69, 9.17) is 41.2 Å². The molecular formula is C82H107Cl3FN21O7S. The van der Waals surface area contributed by atoms with Gasteiger partial charge in [-0.3, -0.25) is 66.9 Å². The van der Waals surface area contributed by atoms with Crippen LogP contribution in [-0.4, -0.2) is 108 Å². The maximum atomic E-state index is 13.1. The summed E-state index contributed by atoms with van der Waals surface area (Å²) in [7, 11) is 0. The molecule has 0 amide bonds. The minimum Gasteiger partial charge on any atom is -0.290 e. The number of rotatable bonds is 21. The number of halogens is 4. The summed E-state index contributed by atoms with van der Waals surface area (Å²) in [4.78, 5) is 132. The molecular weight excluding hydrogens is 1550 g/mol. The normalized spacial score (nSPS) is 11.5. The second-order valence-electron chi connectivity index (χ2n) is 29.4. The summed E-state index contributed by atoms with van der Waals surface area (Å²) in [5.74, 6) is 3.02. The topological polar surface area (TPSA) is 355 Å². The van der Waals surface area contributed by atoms with Gasteiger partial charge in [0.05, 0.1) is 59.9 Å². The largest absolute Gasteiger partial charge is 0.327 e. The summed E-state index contributed by atoms with van der Waals surface area (Å²) >= 11 is 19.3. The smallest absolute Gasteiger partial charge is 0.290 e. The Morgan fingerprint density at radius 1 is 0.409 bits per heavy atom. The first-order valence-corrected chi connectivity index (χ1v) is 41.5. The Labute approximate surface area is 684 Å². The van der Waals surface area contributed by atoms with Crippen LogP contribution in [0.5, 0.6) is 0 Å². The summed E-state index contributed by atoms with van der Waals surface area (Å²) < 4.78 is 25.2. The molecule has 28 nitrogen and oxygen atoms in total. The van der Waals surface area contributed by atoms with Gasteiger partial charge >= 0.3 is 39.8 Å². The number of hydrogen-bond donors (Lipinski definition) is 7. The van der Waals surface area contributed by atoms with Crippen molar-refractivity contribution >= 4 is 125 Å². The average molecular weight is 1660 g/mol. The molecule has 0 atom stereocenters. The molecule has 0 saturated carbocycles. The zero-order valence-corrected chi connectivity index (χ0v) is 71.6. The van der Waals surface area contributed by atoms with E-state index < -0.39 is 5.82 Å². The predicted octanol–water partition coefficient (Wildman–Crippen LogP) is 17.0. The number of aromatic nitrogens is 21. The Hall–Kier alpha value is -10.4. The number of aromatic amines is 7. The second-order valence-corrected chi connectivity index (χ2v) is 31.6. The maximum absolute atomic E-state index is 13.1. The molecule has 115 heavy (non-hydrogen) atoms. The zero-order valence-electron chi connectivity index (χ0n) is 68.6. The van der Waals surface area contributed by atoms with Crippen molar-refractivity contribution in [2.75, 3.05) is 6.26 Å². The van der Waals surface area contributed by atoms with Crippen molar-refractivity contribution in [1.29, 1.82) is 0 Å². The highest BCUT2D eigenvalue weighted by Crippen LogP contribution is 2.27. The number of hydrogen-bond acceptors (Lipinski definition) is 15. The molecule has 14 aromatic heterocycles. The molecule has 33 heteroatoms. The summed E-state index contributed by atoms with van der Waals surface area (Å²) in [5, 5.41) is 1.63. The number of thioether (sulfide) groups is 1. The van der Waals surface area contributed by atoms with Crippen LogP contribution in [0.4, 0.5) is 4.39 Å². The highest BCUT2D eigenvalue weighted by atomic mass is 35.5. The molecule has 0 spiro atoms. The summed E-state index contributed by atoms with van der Waals surface area (Å²) in [6, 6.07) is 13.3. The monoisotopic (exact) mass is 1650 g/mol. The quantitative estimate of drug-likeness (QED) is 0.0260. The van der Waals surface area contributed by atoms with Gasteiger partial charge in [-0.15, -0.1) is 18.2 Å². The van der Waals surface area contributed by atoms with E-state index in [2.05, 4.69) is 179 Å². The number of H-pyrrole nitrogens is 7. The Kier molecular flexibility index (Phi) is 32.4. The fourth-order valence-corrected chi connectivity index (χ4v) is 14.5. The highest BCUT2D eigenvalue weighted by molar-refractivity contribution is 7.98. The van der Waals surface area contributed by atoms with Crippen LogP contribution in [0.25, 0.3) is 78.1 Å². The van der Waals surface area contributed by atoms with Crippen LogP contribution in [0.15, 0.2) is 124 Å². The van der Waals surface area contributed by atoms with Crippen LogP contribution in [-0.2, 0) is 26.1 Å². The van der Waals surface area contributed by atoms with Crippen LogP contribution in [0.3, 0.4) is 0 Å². The van der Waals surface area contributed by atoms with E-state index >= 15 is 0 Å². The van der Waals surface area contributed by atoms with Gasteiger partial charge in [0.15, 0.2) is 39.5 Å². The number of aryl methyl sites for hydroxylation is 1. The van der Waals surface area contributed by atoms with E-state index in [1.165, 1.54) is 18.5 Å². The zero-order chi connectivity index (χ0) is 84.3. The molecule has 0 radical (unpaired) electrons. The molecule has 0 aliphatic carbocycles. The van der Waals surface area contributed by atoms with Gasteiger partial charge in [-0.1, -0.05) is 164 Å². The fourth-order valence-electron chi connectivity index (χ4n) is 13.7. The van der Waals surface area contributed by atoms with Crippen LogP contribution >= 0.6 is 46.6 Å². The fraction of sp³-hybridized carbons (Fsp3) is 0.463. The number of fused-ring (bicyclic) bond motifs is 7. The lowest BCUT2D eigenvalue weighted by atomic mass is 9.97. The summed E-state index contributed by atoms with van der Waals surface area (Å²) in [6.45, 7) is 35.3. The van der Waals surface area contributed by atoms with Crippen molar-refractivity contribution in [1.82, 2.24) is 102 Å². The molecule has 14 heterocycles. The number of pyridine rings is 7. The van der Waals surface area contributed by atoms with Crippen molar-refractivity contribution < 1.29 is 4.39 Å². The Morgan fingerprint density at radius 2 is 0.730 bits per heavy atom. The average Bonchev–Trinajstić information content (AvgIpc) is 1.71. The molecule has 0 fully saturated rings. The number of imidazole rings is 7. The van der Waals surface area contributed by atoms with Crippen molar-refractivity contribution in [3.05, 3.63) is 191 Å². The summed E-state index contributed by atoms with van der Waals surface area (Å²) in [6.07, 6.45) is 28.6. The second kappa shape index (κ2) is 41.3. The van der Waals surface area contributed by atoms with Gasteiger partial charge in [0, 0.05) is 97.5 Å². The van der Waals surface area contributed by atoms with Crippen LogP contribution in [0, 0.1) is 35.4 Å². The van der Waals surface area contributed by atoms with E-state index in [9.17, 15) is 38.0 Å². The Bertz CT molecular complexity index is 5960. The lowest BCUT2D eigenvalue weighted by Gasteiger charge is -2.18. The van der Waals surface area contributed by atoms with Crippen LogP contribution in [0.2, 0.25) is 15.1 Å². The number of nitrogens with zero attached hydrogens (tertiary/aromatic N) is 14. The van der Waals surface area contributed by atoms with E-state index in [0.29, 0.717) is 97.1 Å². The molecule has 0 aliphatic rings. The SMILES string of the molecule is C#Cc1cnc2[nH]c(=O)n(C(CC)CC)c2c1.CC(C)(C)Cn1c(=O)[nH]c2ncc(Cl)cc21.CC(C)Cn1c(=O)[nH]c2ncc(Cl)cc21.CCC(CC)Cn1c(=O)[nH]c2ncc(Cl)cc21.CCC(CC)n1c(=O)[nH]c2ncc(F)cc21.CCC(CC)n1c(=O)[nH]c2ncc(SC)cc21.CCc1cnc2[nH]c(=O)n(C(CC)CC)c2c1. The molecule has 14 aromatic rings.